The SMILES string of the molecule is Brc1ccc2cncn2c1Br. The Balaban J connectivity index is 2.93. The summed E-state index contributed by atoms with van der Waals surface area (Å²) in [6, 6.07) is 3.99. The Hall–Kier alpha value is -0.350. The van der Waals surface area contributed by atoms with Crippen LogP contribution in [0.25, 0.3) is 5.52 Å². The molecule has 2 nitrogen and oxygen atoms in total. The van der Waals surface area contributed by atoms with Gasteiger partial charge in [0.1, 0.15) is 10.9 Å². The summed E-state index contributed by atoms with van der Waals surface area (Å²) < 4.78 is 3.99. The van der Waals surface area contributed by atoms with Gasteiger partial charge in [0.15, 0.2) is 0 Å². The monoisotopic (exact) mass is 274 g/mol. The van der Waals surface area contributed by atoms with Crippen molar-refractivity contribution in [3.05, 3.63) is 33.7 Å². The van der Waals surface area contributed by atoms with Gasteiger partial charge in [0.05, 0.1) is 11.7 Å². The van der Waals surface area contributed by atoms with Crippen LogP contribution >= 0.6 is 31.9 Å². The fourth-order valence-corrected chi connectivity index (χ4v) is 1.69. The lowest BCUT2D eigenvalue weighted by atomic mass is 10.4. The maximum Gasteiger partial charge on any atom is 0.105 e. The van der Waals surface area contributed by atoms with Crippen molar-refractivity contribution < 1.29 is 0 Å². The van der Waals surface area contributed by atoms with Crippen LogP contribution in [-0.2, 0) is 0 Å². The van der Waals surface area contributed by atoms with Crippen molar-refractivity contribution in [2.24, 2.45) is 0 Å². The highest BCUT2D eigenvalue weighted by molar-refractivity contribution is 9.13. The smallest absolute Gasteiger partial charge is 0.105 e. The molecule has 0 spiro atoms. The predicted octanol–water partition coefficient (Wildman–Crippen LogP) is 2.86. The minimum absolute atomic E-state index is 0.993. The molecule has 0 aliphatic heterocycles. The van der Waals surface area contributed by atoms with E-state index in [9.17, 15) is 0 Å². The van der Waals surface area contributed by atoms with Gasteiger partial charge in [-0.25, -0.2) is 4.98 Å². The van der Waals surface area contributed by atoms with Crippen LogP contribution in [-0.4, -0.2) is 9.38 Å². The fraction of sp³-hybridized carbons (Fsp3) is 0. The van der Waals surface area contributed by atoms with Crippen LogP contribution in [0.3, 0.4) is 0 Å². The lowest BCUT2D eigenvalue weighted by Gasteiger charge is -1.98. The van der Waals surface area contributed by atoms with E-state index in [0.717, 1.165) is 14.6 Å². The van der Waals surface area contributed by atoms with Crippen LogP contribution in [0.2, 0.25) is 0 Å². The second kappa shape index (κ2) is 2.60. The quantitative estimate of drug-likeness (QED) is 0.676. The Labute approximate surface area is 80.5 Å². The zero-order chi connectivity index (χ0) is 7.84. The number of hydrogen-bond acceptors (Lipinski definition) is 1. The lowest BCUT2D eigenvalue weighted by Crippen LogP contribution is -1.84. The Morgan fingerprint density at radius 3 is 2.91 bits per heavy atom. The zero-order valence-electron chi connectivity index (χ0n) is 5.46. The molecule has 0 bridgehead atoms. The van der Waals surface area contributed by atoms with Crippen molar-refractivity contribution >= 4 is 37.4 Å². The number of rotatable bonds is 0. The van der Waals surface area contributed by atoms with E-state index >= 15 is 0 Å². The standard InChI is InChI=1S/C7H4Br2N2/c8-6-2-1-5-3-10-4-11(5)7(6)9/h1-4H. The van der Waals surface area contributed by atoms with Gasteiger partial charge in [-0.05, 0) is 44.0 Å². The van der Waals surface area contributed by atoms with Gasteiger partial charge < -0.3 is 0 Å². The van der Waals surface area contributed by atoms with Gasteiger partial charge in [0.25, 0.3) is 0 Å². The Bertz CT molecular complexity index is 394. The molecule has 0 radical (unpaired) electrons. The first-order valence-electron chi connectivity index (χ1n) is 3.05. The van der Waals surface area contributed by atoms with Crippen LogP contribution < -0.4 is 0 Å². The summed E-state index contributed by atoms with van der Waals surface area (Å²) in [7, 11) is 0. The molecule has 0 atom stereocenters. The molecule has 11 heavy (non-hydrogen) atoms. The van der Waals surface area contributed by atoms with Crippen LogP contribution in [0, 0.1) is 0 Å². The summed E-state index contributed by atoms with van der Waals surface area (Å²) in [5.41, 5.74) is 1.08. The van der Waals surface area contributed by atoms with Gasteiger partial charge in [-0.1, -0.05) is 0 Å². The number of halogens is 2. The third-order valence-electron chi connectivity index (χ3n) is 1.48. The first kappa shape index (κ1) is 7.31. The highest BCUT2D eigenvalue weighted by atomic mass is 79.9. The van der Waals surface area contributed by atoms with Gasteiger partial charge in [-0.15, -0.1) is 0 Å². The Morgan fingerprint density at radius 1 is 1.27 bits per heavy atom. The molecule has 0 aliphatic rings. The maximum absolute atomic E-state index is 4.02. The van der Waals surface area contributed by atoms with Gasteiger partial charge in [0, 0.05) is 4.47 Å². The van der Waals surface area contributed by atoms with Gasteiger partial charge >= 0.3 is 0 Å². The number of pyridine rings is 1. The van der Waals surface area contributed by atoms with Crippen molar-refractivity contribution in [2.45, 2.75) is 0 Å². The summed E-state index contributed by atoms with van der Waals surface area (Å²) >= 11 is 6.84. The van der Waals surface area contributed by atoms with E-state index in [1.807, 2.05) is 22.7 Å². The predicted molar refractivity (Wildman–Crippen MR) is 50.6 cm³/mol. The molecular formula is C7H4Br2N2. The van der Waals surface area contributed by atoms with E-state index in [0.29, 0.717) is 0 Å². The second-order valence-electron chi connectivity index (χ2n) is 2.16. The summed E-state index contributed by atoms with van der Waals surface area (Å²) in [5.74, 6) is 0. The first-order valence-corrected chi connectivity index (χ1v) is 4.64. The van der Waals surface area contributed by atoms with Gasteiger partial charge in [-0.3, -0.25) is 4.40 Å². The summed E-state index contributed by atoms with van der Waals surface area (Å²) in [5, 5.41) is 0. The molecule has 0 aromatic carbocycles. The minimum Gasteiger partial charge on any atom is -0.292 e. The molecule has 4 heteroatoms. The maximum atomic E-state index is 4.02. The largest absolute Gasteiger partial charge is 0.292 e. The van der Waals surface area contributed by atoms with Gasteiger partial charge in [-0.2, -0.15) is 0 Å². The third-order valence-corrected chi connectivity index (χ3v) is 3.46. The van der Waals surface area contributed by atoms with E-state index in [2.05, 4.69) is 36.8 Å². The van der Waals surface area contributed by atoms with Crippen molar-refractivity contribution in [3.8, 4) is 0 Å². The number of fused-ring (bicyclic) bond motifs is 1. The Kier molecular flexibility index (Phi) is 1.73. The van der Waals surface area contributed by atoms with Crippen molar-refractivity contribution in [3.63, 3.8) is 0 Å². The summed E-state index contributed by atoms with van der Waals surface area (Å²) in [6.07, 6.45) is 3.58. The minimum atomic E-state index is 0.993. The zero-order valence-corrected chi connectivity index (χ0v) is 8.63. The molecule has 2 heterocycles. The highest BCUT2D eigenvalue weighted by Gasteiger charge is 2.00. The van der Waals surface area contributed by atoms with E-state index in [1.54, 1.807) is 6.33 Å². The molecule has 0 saturated heterocycles. The molecule has 0 fully saturated rings. The molecule has 56 valence electrons. The van der Waals surface area contributed by atoms with E-state index in [1.165, 1.54) is 0 Å². The third kappa shape index (κ3) is 1.10. The summed E-state index contributed by atoms with van der Waals surface area (Å²) in [4.78, 5) is 4.02. The molecule has 0 saturated carbocycles. The molecule has 2 aromatic heterocycles. The van der Waals surface area contributed by atoms with E-state index in [-0.39, 0.29) is 0 Å². The number of hydrogen-bond donors (Lipinski definition) is 0. The van der Waals surface area contributed by atoms with Crippen LogP contribution in [0.4, 0.5) is 0 Å². The average molecular weight is 276 g/mol. The lowest BCUT2D eigenvalue weighted by molar-refractivity contribution is 1.11. The van der Waals surface area contributed by atoms with Crippen molar-refractivity contribution in [2.75, 3.05) is 0 Å². The molecule has 0 N–H and O–H groups in total. The molecule has 2 rings (SSSR count). The van der Waals surface area contributed by atoms with Crippen LogP contribution in [0.5, 0.6) is 0 Å². The second-order valence-corrected chi connectivity index (χ2v) is 3.77. The fourth-order valence-electron chi connectivity index (χ4n) is 0.935. The molecular weight excluding hydrogens is 272 g/mol. The molecule has 0 aliphatic carbocycles. The van der Waals surface area contributed by atoms with Crippen molar-refractivity contribution in [1.82, 2.24) is 9.38 Å². The first-order chi connectivity index (χ1) is 5.29. The van der Waals surface area contributed by atoms with Crippen molar-refractivity contribution in [1.29, 1.82) is 0 Å². The number of aromatic nitrogens is 2. The topological polar surface area (TPSA) is 17.3 Å². The Morgan fingerprint density at radius 2 is 2.09 bits per heavy atom. The van der Waals surface area contributed by atoms with Crippen LogP contribution in [0.1, 0.15) is 0 Å². The van der Waals surface area contributed by atoms with E-state index < -0.39 is 0 Å². The summed E-state index contributed by atoms with van der Waals surface area (Å²) in [6.45, 7) is 0. The number of nitrogens with zero attached hydrogens (tertiary/aromatic N) is 2. The molecule has 2 aromatic rings. The van der Waals surface area contributed by atoms with Gasteiger partial charge in [0.2, 0.25) is 0 Å². The molecule has 0 amide bonds. The number of imidazole rings is 1. The van der Waals surface area contributed by atoms with E-state index in [4.69, 9.17) is 0 Å². The normalized spacial score (nSPS) is 10.7. The molecule has 0 unspecified atom stereocenters. The highest BCUT2D eigenvalue weighted by Crippen LogP contribution is 2.23. The average Bonchev–Trinajstić information content (AvgIpc) is 2.45. The van der Waals surface area contributed by atoms with Crippen LogP contribution in [0.15, 0.2) is 33.7 Å².